The van der Waals surface area contributed by atoms with Crippen molar-refractivity contribution in [2.24, 2.45) is 0 Å². The zero-order valence-electron chi connectivity index (χ0n) is 8.28. The summed E-state index contributed by atoms with van der Waals surface area (Å²) in [6.45, 7) is 6.36. The van der Waals surface area contributed by atoms with Gasteiger partial charge in [0, 0.05) is 0 Å². The van der Waals surface area contributed by atoms with Crippen molar-refractivity contribution >= 4 is 5.97 Å². The fourth-order valence-corrected chi connectivity index (χ4v) is 1.22. The van der Waals surface area contributed by atoms with Crippen LogP contribution in [0.25, 0.3) is 0 Å². The van der Waals surface area contributed by atoms with E-state index >= 15 is 0 Å². The predicted octanol–water partition coefficient (Wildman–Crippen LogP) is 2.50. The molecule has 0 bridgehead atoms. The van der Waals surface area contributed by atoms with Crippen LogP contribution in [0.1, 0.15) is 34.1 Å². The number of aromatic nitrogens is 2. The van der Waals surface area contributed by atoms with Gasteiger partial charge in [0.2, 0.25) is 0 Å². The number of rotatable bonds is 5. The molecule has 6 heteroatoms. The Bertz CT molecular complexity index is 397. The van der Waals surface area contributed by atoms with Gasteiger partial charge in [-0.15, -0.1) is 0 Å². The van der Waals surface area contributed by atoms with Crippen molar-refractivity contribution in [2.75, 3.05) is 0 Å². The summed E-state index contributed by atoms with van der Waals surface area (Å²) in [6.07, 6.45) is -1.71. The van der Waals surface area contributed by atoms with E-state index in [0.717, 1.165) is 12.2 Å². The highest BCUT2D eigenvalue weighted by molar-refractivity contribution is 5.90. The molecule has 1 rings (SSSR count). The topological polar surface area (TPSA) is 66.0 Å². The van der Waals surface area contributed by atoms with Crippen molar-refractivity contribution in [2.45, 2.75) is 12.3 Å². The molecule has 0 spiro atoms. The van der Waals surface area contributed by atoms with Gasteiger partial charge in [-0.25, -0.2) is 13.6 Å². The monoisotopic (exact) mass is 228 g/mol. The Morgan fingerprint density at radius 2 is 1.94 bits per heavy atom. The van der Waals surface area contributed by atoms with E-state index < -0.39 is 23.9 Å². The second-order valence-electron chi connectivity index (χ2n) is 2.98. The van der Waals surface area contributed by atoms with Crippen LogP contribution in [0.4, 0.5) is 8.78 Å². The molecule has 86 valence electrons. The highest BCUT2D eigenvalue weighted by Gasteiger charge is 2.27. The minimum atomic E-state index is -1.76. The molecule has 0 saturated carbocycles. The molecule has 0 fully saturated rings. The maximum Gasteiger partial charge on any atom is 0.339 e. The average molecular weight is 228 g/mol. The molecule has 1 aromatic heterocycles. The molecule has 1 heterocycles. The first kappa shape index (κ1) is 12.1. The van der Waals surface area contributed by atoms with Gasteiger partial charge < -0.3 is 5.11 Å². The number of aromatic amines is 1. The molecule has 0 radical (unpaired) electrons. The average Bonchev–Trinajstić information content (AvgIpc) is 2.71. The van der Waals surface area contributed by atoms with Crippen molar-refractivity contribution in [3.63, 3.8) is 0 Å². The first-order chi connectivity index (χ1) is 7.52. The van der Waals surface area contributed by atoms with Crippen molar-refractivity contribution in [3.05, 3.63) is 42.3 Å². The summed E-state index contributed by atoms with van der Waals surface area (Å²) in [5.74, 6) is -1.45. The molecule has 0 aliphatic carbocycles. The third-order valence-electron chi connectivity index (χ3n) is 1.99. The third kappa shape index (κ3) is 2.00. The summed E-state index contributed by atoms with van der Waals surface area (Å²) in [7, 11) is 0. The van der Waals surface area contributed by atoms with Crippen LogP contribution in [0.5, 0.6) is 0 Å². The van der Waals surface area contributed by atoms with E-state index in [1.165, 1.54) is 0 Å². The molecule has 2 unspecified atom stereocenters. The van der Waals surface area contributed by atoms with Gasteiger partial charge in [-0.3, -0.25) is 5.10 Å². The lowest BCUT2D eigenvalue weighted by atomic mass is 10.1. The number of carboxylic acids is 1. The number of halogens is 2. The van der Waals surface area contributed by atoms with Crippen LogP contribution in [0, 0.1) is 0 Å². The predicted molar refractivity (Wildman–Crippen MR) is 53.6 cm³/mol. The van der Waals surface area contributed by atoms with E-state index in [2.05, 4.69) is 23.4 Å². The van der Waals surface area contributed by atoms with Gasteiger partial charge in [-0.2, -0.15) is 5.10 Å². The van der Waals surface area contributed by atoms with Gasteiger partial charge in [0.1, 0.15) is 11.3 Å². The molecule has 2 N–H and O–H groups in total. The number of alkyl halides is 2. The zero-order valence-corrected chi connectivity index (χ0v) is 8.28. The van der Waals surface area contributed by atoms with Crippen LogP contribution in [0.3, 0.4) is 0 Å². The molecular formula is C10H10F2N2O2. The van der Waals surface area contributed by atoms with Crippen molar-refractivity contribution in [3.8, 4) is 0 Å². The smallest absolute Gasteiger partial charge is 0.339 e. The minimum Gasteiger partial charge on any atom is -0.478 e. The molecule has 16 heavy (non-hydrogen) atoms. The molecule has 0 aromatic carbocycles. The Balaban J connectivity index is 3.32. The minimum absolute atomic E-state index is 0.318. The highest BCUT2D eigenvalue weighted by Crippen LogP contribution is 2.28. The molecular weight excluding hydrogens is 218 g/mol. The summed E-state index contributed by atoms with van der Waals surface area (Å²) in [4.78, 5) is 10.9. The largest absolute Gasteiger partial charge is 0.478 e. The number of carboxylic acid groups (broad SMARTS) is 1. The first-order valence-electron chi connectivity index (χ1n) is 4.37. The standard InChI is InChI=1S/C10H10F2N2O2/c1-3-5(11)8-7(10(15)16)9(14-13-8)6(12)4-2/h3-6H,1-2H2,(H,13,14)(H,15,16). The molecule has 0 aliphatic rings. The van der Waals surface area contributed by atoms with Crippen molar-refractivity contribution in [1.82, 2.24) is 10.2 Å². The fraction of sp³-hybridized carbons (Fsp3) is 0.200. The van der Waals surface area contributed by atoms with Gasteiger partial charge in [-0.05, 0) is 0 Å². The van der Waals surface area contributed by atoms with Crippen LogP contribution >= 0.6 is 0 Å². The maximum absolute atomic E-state index is 13.3. The van der Waals surface area contributed by atoms with Crippen LogP contribution in [-0.2, 0) is 0 Å². The number of allylic oxidation sites excluding steroid dienone is 2. The number of nitrogens with zero attached hydrogens (tertiary/aromatic N) is 1. The van der Waals surface area contributed by atoms with Crippen molar-refractivity contribution in [1.29, 1.82) is 0 Å². The van der Waals surface area contributed by atoms with Crippen molar-refractivity contribution < 1.29 is 18.7 Å². The second kappa shape index (κ2) is 4.69. The van der Waals surface area contributed by atoms with Crippen LogP contribution in [0.2, 0.25) is 0 Å². The van der Waals surface area contributed by atoms with E-state index in [4.69, 9.17) is 5.11 Å². The van der Waals surface area contributed by atoms with Gasteiger partial charge in [0.05, 0.1) is 5.69 Å². The lowest BCUT2D eigenvalue weighted by molar-refractivity contribution is 0.0691. The number of nitrogens with one attached hydrogen (secondary N) is 1. The molecule has 1 aromatic rings. The molecule has 0 amide bonds. The maximum atomic E-state index is 13.3. The Labute approximate surface area is 90.3 Å². The summed E-state index contributed by atoms with van der Waals surface area (Å²) in [6, 6.07) is 0. The number of aromatic carboxylic acids is 1. The van der Waals surface area contributed by atoms with Gasteiger partial charge >= 0.3 is 5.97 Å². The van der Waals surface area contributed by atoms with E-state index in [1.807, 2.05) is 0 Å². The van der Waals surface area contributed by atoms with Gasteiger partial charge in [-0.1, -0.05) is 25.3 Å². The Morgan fingerprint density at radius 3 is 2.38 bits per heavy atom. The first-order valence-corrected chi connectivity index (χ1v) is 4.37. The van der Waals surface area contributed by atoms with E-state index in [0.29, 0.717) is 0 Å². The highest BCUT2D eigenvalue weighted by atomic mass is 19.1. The van der Waals surface area contributed by atoms with E-state index in [-0.39, 0.29) is 11.4 Å². The van der Waals surface area contributed by atoms with Gasteiger partial charge in [0.15, 0.2) is 12.3 Å². The molecule has 2 atom stereocenters. The Kier molecular flexibility index (Phi) is 3.55. The third-order valence-corrected chi connectivity index (χ3v) is 1.99. The fourth-order valence-electron chi connectivity index (χ4n) is 1.22. The molecule has 4 nitrogen and oxygen atoms in total. The summed E-state index contributed by atoms with van der Waals surface area (Å²) in [5.41, 5.74) is -1.22. The Morgan fingerprint density at radius 1 is 1.38 bits per heavy atom. The number of H-pyrrole nitrogens is 1. The zero-order chi connectivity index (χ0) is 12.3. The SMILES string of the molecule is C=CC(F)c1n[nH]c(C(F)C=C)c1C(=O)O. The summed E-state index contributed by atoms with van der Waals surface area (Å²) < 4.78 is 26.5. The van der Waals surface area contributed by atoms with Crippen LogP contribution in [0.15, 0.2) is 25.3 Å². The molecule has 0 saturated heterocycles. The Hall–Kier alpha value is -1.98. The summed E-state index contributed by atoms with van der Waals surface area (Å²) >= 11 is 0. The van der Waals surface area contributed by atoms with E-state index in [1.54, 1.807) is 0 Å². The number of carbonyl (C=O) groups is 1. The number of hydrogen-bond donors (Lipinski definition) is 2. The number of hydrogen-bond acceptors (Lipinski definition) is 2. The lowest BCUT2D eigenvalue weighted by Gasteiger charge is -2.03. The lowest BCUT2D eigenvalue weighted by Crippen LogP contribution is -2.05. The summed E-state index contributed by atoms with van der Waals surface area (Å²) in [5, 5.41) is 14.5. The normalized spacial score (nSPS) is 14.1. The van der Waals surface area contributed by atoms with Gasteiger partial charge in [0.25, 0.3) is 0 Å². The van der Waals surface area contributed by atoms with E-state index in [9.17, 15) is 13.6 Å². The van der Waals surface area contributed by atoms with Crippen LogP contribution < -0.4 is 0 Å². The molecule has 0 aliphatic heterocycles. The van der Waals surface area contributed by atoms with Crippen LogP contribution in [-0.4, -0.2) is 21.3 Å². The quantitative estimate of drug-likeness (QED) is 0.761. The second-order valence-corrected chi connectivity index (χ2v) is 2.98.